The molecule has 1 unspecified atom stereocenters. The normalized spacial score (nSPS) is 17.7. The minimum atomic E-state index is -4.31. The molecule has 0 spiro atoms. The van der Waals surface area contributed by atoms with Gasteiger partial charge in [0, 0.05) is 32.7 Å². The van der Waals surface area contributed by atoms with E-state index in [0.717, 1.165) is 37.2 Å². The lowest BCUT2D eigenvalue weighted by molar-refractivity contribution is -0.137. The Morgan fingerprint density at radius 3 is 2.52 bits per heavy atom. The molecule has 2 heterocycles. The molecule has 1 saturated heterocycles. The van der Waals surface area contributed by atoms with Crippen molar-refractivity contribution < 1.29 is 18.0 Å². The van der Waals surface area contributed by atoms with Crippen LogP contribution in [0.1, 0.15) is 28.0 Å². The van der Waals surface area contributed by atoms with Crippen LogP contribution in [0.2, 0.25) is 0 Å². The Morgan fingerprint density at radius 1 is 1.19 bits per heavy atom. The van der Waals surface area contributed by atoms with Crippen molar-refractivity contribution in [2.24, 2.45) is 0 Å². The summed E-state index contributed by atoms with van der Waals surface area (Å²) in [6.45, 7) is 2.18. The highest BCUT2D eigenvalue weighted by Gasteiger charge is 2.30. The summed E-state index contributed by atoms with van der Waals surface area (Å²) in [4.78, 5) is 13.6. The highest BCUT2D eigenvalue weighted by atomic mass is 19.4. The number of hydrogen-bond acceptors (Lipinski definition) is 5. The second-order valence-electron chi connectivity index (χ2n) is 6.44. The first-order chi connectivity index (χ1) is 12.8. The van der Waals surface area contributed by atoms with Gasteiger partial charge in [-0.15, -0.1) is 10.2 Å². The van der Waals surface area contributed by atoms with E-state index in [4.69, 9.17) is 0 Å². The van der Waals surface area contributed by atoms with Crippen molar-refractivity contribution in [1.82, 2.24) is 20.4 Å². The highest BCUT2D eigenvalue weighted by molar-refractivity contribution is 5.91. The van der Waals surface area contributed by atoms with Crippen LogP contribution in [0.3, 0.4) is 0 Å². The smallest absolute Gasteiger partial charge is 0.365 e. The van der Waals surface area contributed by atoms with E-state index in [0.29, 0.717) is 12.4 Å². The van der Waals surface area contributed by atoms with E-state index in [1.165, 1.54) is 19.2 Å². The molecule has 1 atom stereocenters. The molecule has 0 aliphatic carbocycles. The number of alkyl halides is 3. The molecule has 0 bridgehead atoms. The van der Waals surface area contributed by atoms with Crippen LogP contribution < -0.4 is 10.6 Å². The molecule has 0 radical (unpaired) electrons. The van der Waals surface area contributed by atoms with Gasteiger partial charge in [0.2, 0.25) is 0 Å². The molecule has 27 heavy (non-hydrogen) atoms. The zero-order chi connectivity index (χ0) is 19.4. The number of amides is 1. The Bertz CT molecular complexity index is 777. The van der Waals surface area contributed by atoms with Crippen LogP contribution in [0.5, 0.6) is 0 Å². The van der Waals surface area contributed by atoms with Gasteiger partial charge in [0.1, 0.15) is 5.82 Å². The van der Waals surface area contributed by atoms with Crippen LogP contribution in [0.25, 0.3) is 0 Å². The number of nitrogens with one attached hydrogen (secondary N) is 2. The molecule has 2 N–H and O–H groups in total. The first-order valence-corrected chi connectivity index (χ1v) is 8.56. The van der Waals surface area contributed by atoms with Crippen LogP contribution in [-0.4, -0.2) is 47.2 Å². The third kappa shape index (κ3) is 4.94. The fraction of sp³-hybridized carbons (Fsp3) is 0.389. The van der Waals surface area contributed by atoms with E-state index in [2.05, 4.69) is 25.7 Å². The molecule has 1 aromatic heterocycles. The Labute approximate surface area is 154 Å². The lowest BCUT2D eigenvalue weighted by atomic mass is 10.1. The van der Waals surface area contributed by atoms with E-state index in [1.807, 2.05) is 0 Å². The monoisotopic (exact) mass is 379 g/mol. The van der Waals surface area contributed by atoms with Gasteiger partial charge in [-0.25, -0.2) is 0 Å². The standard InChI is InChI=1S/C18H20F3N5O/c1-22-17(27)15-6-7-16(25-24-15)23-14-8-9-26(11-14)10-12-2-4-13(5-3-12)18(19,20)21/h2-7,14H,8-11H2,1H3,(H,22,27)(H,23,25). The van der Waals surface area contributed by atoms with Crippen molar-refractivity contribution in [1.29, 1.82) is 0 Å². The van der Waals surface area contributed by atoms with Crippen molar-refractivity contribution in [2.45, 2.75) is 25.2 Å². The van der Waals surface area contributed by atoms with Gasteiger partial charge in [0.25, 0.3) is 5.91 Å². The molecular formula is C18H20F3N5O. The summed E-state index contributed by atoms with van der Waals surface area (Å²) in [5.41, 5.74) is 0.461. The maximum Gasteiger partial charge on any atom is 0.416 e. The average Bonchev–Trinajstić information content (AvgIpc) is 3.08. The Morgan fingerprint density at radius 2 is 1.93 bits per heavy atom. The number of rotatable bonds is 5. The summed E-state index contributed by atoms with van der Waals surface area (Å²) in [6.07, 6.45) is -3.42. The first-order valence-electron chi connectivity index (χ1n) is 8.56. The number of benzene rings is 1. The molecule has 9 heteroatoms. The molecule has 0 saturated carbocycles. The third-order valence-corrected chi connectivity index (χ3v) is 4.44. The predicted molar refractivity (Wildman–Crippen MR) is 94.2 cm³/mol. The number of carbonyl (C=O) groups excluding carboxylic acids is 1. The van der Waals surface area contributed by atoms with Gasteiger partial charge in [-0.1, -0.05) is 12.1 Å². The maximum absolute atomic E-state index is 12.6. The molecule has 1 aliphatic heterocycles. The van der Waals surface area contributed by atoms with Gasteiger partial charge in [-0.3, -0.25) is 9.69 Å². The average molecular weight is 379 g/mol. The Balaban J connectivity index is 1.52. The largest absolute Gasteiger partial charge is 0.416 e. The molecule has 1 aliphatic rings. The number of anilines is 1. The van der Waals surface area contributed by atoms with Crippen LogP contribution in [-0.2, 0) is 12.7 Å². The summed E-state index contributed by atoms with van der Waals surface area (Å²) < 4.78 is 37.9. The lowest BCUT2D eigenvalue weighted by Gasteiger charge is -2.17. The minimum absolute atomic E-state index is 0.166. The van der Waals surface area contributed by atoms with Gasteiger partial charge >= 0.3 is 6.18 Å². The van der Waals surface area contributed by atoms with Crippen molar-refractivity contribution in [3.63, 3.8) is 0 Å². The van der Waals surface area contributed by atoms with Crippen molar-refractivity contribution in [3.8, 4) is 0 Å². The quantitative estimate of drug-likeness (QED) is 0.836. The van der Waals surface area contributed by atoms with E-state index < -0.39 is 11.7 Å². The van der Waals surface area contributed by atoms with Gasteiger partial charge in [-0.05, 0) is 36.2 Å². The summed E-state index contributed by atoms with van der Waals surface area (Å²) in [6, 6.07) is 8.74. The fourth-order valence-electron chi connectivity index (χ4n) is 3.02. The molecular weight excluding hydrogens is 359 g/mol. The molecule has 6 nitrogen and oxygen atoms in total. The molecule has 3 rings (SSSR count). The predicted octanol–water partition coefficient (Wildman–Crippen LogP) is 2.54. The fourth-order valence-corrected chi connectivity index (χ4v) is 3.02. The molecule has 1 aromatic carbocycles. The summed E-state index contributed by atoms with van der Waals surface area (Å²) in [5, 5.41) is 13.6. The van der Waals surface area contributed by atoms with Crippen molar-refractivity contribution >= 4 is 11.7 Å². The van der Waals surface area contributed by atoms with E-state index in [9.17, 15) is 18.0 Å². The number of nitrogens with zero attached hydrogens (tertiary/aromatic N) is 3. The first kappa shape index (κ1) is 19.1. The summed E-state index contributed by atoms with van der Waals surface area (Å²) in [7, 11) is 1.53. The lowest BCUT2D eigenvalue weighted by Crippen LogP contribution is -2.26. The summed E-state index contributed by atoms with van der Waals surface area (Å²) in [5.74, 6) is 0.293. The van der Waals surface area contributed by atoms with Crippen LogP contribution >= 0.6 is 0 Å². The highest BCUT2D eigenvalue weighted by Crippen LogP contribution is 2.29. The van der Waals surface area contributed by atoms with Crippen molar-refractivity contribution in [3.05, 3.63) is 53.2 Å². The van der Waals surface area contributed by atoms with Crippen LogP contribution in [0.4, 0.5) is 19.0 Å². The van der Waals surface area contributed by atoms with Gasteiger partial charge in [0.15, 0.2) is 5.69 Å². The van der Waals surface area contributed by atoms with Gasteiger partial charge < -0.3 is 10.6 Å². The number of hydrogen-bond donors (Lipinski definition) is 2. The van der Waals surface area contributed by atoms with E-state index in [-0.39, 0.29) is 17.6 Å². The number of halogens is 3. The Kier molecular flexibility index (Phi) is 5.59. The van der Waals surface area contributed by atoms with Gasteiger partial charge in [-0.2, -0.15) is 13.2 Å². The molecule has 1 fully saturated rings. The van der Waals surface area contributed by atoms with Crippen molar-refractivity contribution in [2.75, 3.05) is 25.5 Å². The molecule has 2 aromatic rings. The van der Waals surface area contributed by atoms with E-state index in [1.54, 1.807) is 12.1 Å². The zero-order valence-electron chi connectivity index (χ0n) is 14.8. The second-order valence-corrected chi connectivity index (χ2v) is 6.44. The SMILES string of the molecule is CNC(=O)c1ccc(NC2CCN(Cc3ccc(C(F)(F)F)cc3)C2)nn1. The van der Waals surface area contributed by atoms with Gasteiger partial charge in [0.05, 0.1) is 5.56 Å². The topological polar surface area (TPSA) is 70.2 Å². The minimum Gasteiger partial charge on any atom is -0.365 e. The molecule has 144 valence electrons. The van der Waals surface area contributed by atoms with Crippen LogP contribution in [0, 0.1) is 0 Å². The van der Waals surface area contributed by atoms with Crippen LogP contribution in [0.15, 0.2) is 36.4 Å². The number of carbonyl (C=O) groups is 1. The second kappa shape index (κ2) is 7.91. The number of aromatic nitrogens is 2. The maximum atomic E-state index is 12.6. The summed E-state index contributed by atoms with van der Waals surface area (Å²) >= 11 is 0. The zero-order valence-corrected chi connectivity index (χ0v) is 14.8. The molecule has 1 amide bonds. The third-order valence-electron chi connectivity index (χ3n) is 4.44. The number of likely N-dealkylation sites (tertiary alicyclic amines) is 1. The van der Waals surface area contributed by atoms with E-state index >= 15 is 0 Å². The Hall–Kier alpha value is -2.68.